The average Bonchev–Trinajstić information content (AvgIpc) is 3.25. The van der Waals surface area contributed by atoms with E-state index >= 15 is 0 Å². The van der Waals surface area contributed by atoms with Crippen molar-refractivity contribution in [1.29, 1.82) is 0 Å². The van der Waals surface area contributed by atoms with E-state index < -0.39 is 40.9 Å². The van der Waals surface area contributed by atoms with Crippen LogP contribution in [0.1, 0.15) is 22.3 Å². The highest BCUT2D eigenvalue weighted by Crippen LogP contribution is 2.37. The van der Waals surface area contributed by atoms with E-state index in [9.17, 15) is 22.8 Å². The van der Waals surface area contributed by atoms with Gasteiger partial charge >= 0.3 is 0 Å². The average molecular weight is 430 g/mol. The van der Waals surface area contributed by atoms with Gasteiger partial charge in [-0.1, -0.05) is 30.3 Å². The van der Waals surface area contributed by atoms with E-state index in [0.29, 0.717) is 25.2 Å². The van der Waals surface area contributed by atoms with Gasteiger partial charge in [0.05, 0.1) is 6.04 Å². The van der Waals surface area contributed by atoms with Crippen LogP contribution in [-0.4, -0.2) is 53.8 Å². The maximum absolute atomic E-state index is 14.0. The minimum absolute atomic E-state index is 0.0234. The number of hydrogen-bond acceptors (Lipinski definition) is 3. The molecule has 0 spiro atoms. The van der Waals surface area contributed by atoms with Crippen molar-refractivity contribution in [2.45, 2.75) is 12.5 Å². The molecular weight excluding hydrogens is 407 g/mol. The number of benzene rings is 2. The number of carbonyl (C=O) groups is 2. The Balaban J connectivity index is 1.42. The second-order valence-electron chi connectivity index (χ2n) is 8.12. The molecule has 0 aliphatic carbocycles. The molecule has 2 unspecified atom stereocenters. The molecule has 2 fully saturated rings. The zero-order chi connectivity index (χ0) is 22.1. The molecule has 0 saturated carbocycles. The first kappa shape index (κ1) is 21.4. The third kappa shape index (κ3) is 4.30. The fourth-order valence-corrected chi connectivity index (χ4v) is 4.81. The molecule has 5 nitrogen and oxygen atoms in total. The number of hydrogen-bond donors (Lipinski definition) is 1. The van der Waals surface area contributed by atoms with Crippen LogP contribution in [0.2, 0.25) is 0 Å². The Morgan fingerprint density at radius 3 is 2.35 bits per heavy atom. The van der Waals surface area contributed by atoms with E-state index in [-0.39, 0.29) is 24.9 Å². The Labute approximate surface area is 178 Å². The van der Waals surface area contributed by atoms with E-state index in [1.54, 1.807) is 0 Å². The van der Waals surface area contributed by atoms with Crippen LogP contribution in [0.25, 0.3) is 0 Å². The van der Waals surface area contributed by atoms with Crippen LogP contribution in [0, 0.1) is 35.7 Å². The van der Waals surface area contributed by atoms with Gasteiger partial charge in [0.2, 0.25) is 5.91 Å². The van der Waals surface area contributed by atoms with Gasteiger partial charge in [-0.05, 0) is 30.9 Å². The summed E-state index contributed by atoms with van der Waals surface area (Å²) in [4.78, 5) is 28.2. The van der Waals surface area contributed by atoms with Crippen molar-refractivity contribution >= 4 is 11.8 Å². The predicted octanol–water partition coefficient (Wildman–Crippen LogP) is 2.60. The van der Waals surface area contributed by atoms with E-state index in [0.717, 1.165) is 12.0 Å². The summed E-state index contributed by atoms with van der Waals surface area (Å²) in [5.41, 5.74) is 5.99. The van der Waals surface area contributed by atoms with Crippen LogP contribution in [0.5, 0.6) is 0 Å². The van der Waals surface area contributed by atoms with Gasteiger partial charge < -0.3 is 10.6 Å². The molecule has 2 aliphatic heterocycles. The summed E-state index contributed by atoms with van der Waals surface area (Å²) in [6.45, 7) is 1.65. The second kappa shape index (κ2) is 8.70. The molecule has 1 radical (unpaired) electrons. The maximum Gasteiger partial charge on any atom is 0.259 e. The van der Waals surface area contributed by atoms with Gasteiger partial charge in [0.25, 0.3) is 5.91 Å². The summed E-state index contributed by atoms with van der Waals surface area (Å²) in [5, 5.41) is 0. The van der Waals surface area contributed by atoms with Crippen molar-refractivity contribution in [1.82, 2.24) is 9.80 Å². The highest BCUT2D eigenvalue weighted by atomic mass is 19.1. The second-order valence-corrected chi connectivity index (χ2v) is 8.12. The standard InChI is InChI=1S/C23H23F3N3O2/c24-16-9-18(25)20(19(26)10-16)23(31)29-12-15-11-28(21(22(27)30)17(15)13-29)8-4-7-14-5-2-1-3-6-14/h1-3,5-7,9-10,15,17,21H,4,8,11-13H2,(H2,27,30)/t15?,17-,21?/m1/s1. The van der Waals surface area contributed by atoms with Crippen molar-refractivity contribution in [3.8, 4) is 0 Å². The topological polar surface area (TPSA) is 66.6 Å². The molecule has 2 aromatic carbocycles. The quantitative estimate of drug-likeness (QED) is 0.766. The van der Waals surface area contributed by atoms with Gasteiger partial charge in [0, 0.05) is 37.7 Å². The first-order valence-electron chi connectivity index (χ1n) is 10.2. The minimum Gasteiger partial charge on any atom is -0.368 e. The largest absolute Gasteiger partial charge is 0.368 e. The van der Waals surface area contributed by atoms with Crippen molar-refractivity contribution in [3.05, 3.63) is 77.5 Å². The number of amides is 2. The Kier molecular flexibility index (Phi) is 6.00. The molecule has 2 saturated heterocycles. The van der Waals surface area contributed by atoms with Gasteiger partial charge in [-0.15, -0.1) is 0 Å². The normalized spacial score (nSPS) is 23.2. The van der Waals surface area contributed by atoms with Crippen molar-refractivity contribution in [2.75, 3.05) is 26.2 Å². The van der Waals surface area contributed by atoms with E-state index in [1.807, 2.05) is 35.2 Å². The molecule has 2 aliphatic rings. The highest BCUT2D eigenvalue weighted by molar-refractivity contribution is 5.95. The molecular formula is C23H23F3N3O2. The Morgan fingerprint density at radius 2 is 1.71 bits per heavy atom. The van der Waals surface area contributed by atoms with E-state index in [1.165, 1.54) is 4.90 Å². The molecule has 8 heteroatoms. The summed E-state index contributed by atoms with van der Waals surface area (Å²) in [6, 6.07) is 10.3. The molecule has 0 aromatic heterocycles. The SMILES string of the molecule is NC(=O)C1[C@@H]2CN(C(=O)c3c(F)cc(F)cc3F)CC2CN1CC[CH]c1ccccc1. The summed E-state index contributed by atoms with van der Waals surface area (Å²) in [6.07, 6.45) is 2.82. The summed E-state index contributed by atoms with van der Waals surface area (Å²) in [5.74, 6) is -5.08. The fraction of sp³-hybridized carbons (Fsp3) is 0.348. The molecule has 31 heavy (non-hydrogen) atoms. The number of likely N-dealkylation sites (tertiary alicyclic amines) is 2. The molecule has 2 amide bonds. The Hall–Kier alpha value is -2.87. The summed E-state index contributed by atoms with van der Waals surface area (Å²) in [7, 11) is 0. The lowest BCUT2D eigenvalue weighted by Gasteiger charge is -2.27. The smallest absolute Gasteiger partial charge is 0.259 e. The molecule has 2 heterocycles. The first-order chi connectivity index (χ1) is 14.8. The van der Waals surface area contributed by atoms with Crippen LogP contribution in [0.15, 0.2) is 42.5 Å². The molecule has 3 atom stereocenters. The molecule has 0 bridgehead atoms. The molecule has 163 valence electrons. The predicted molar refractivity (Wildman–Crippen MR) is 108 cm³/mol. The zero-order valence-electron chi connectivity index (χ0n) is 16.8. The number of halogens is 3. The van der Waals surface area contributed by atoms with Crippen molar-refractivity contribution in [2.24, 2.45) is 17.6 Å². The van der Waals surface area contributed by atoms with Crippen LogP contribution < -0.4 is 5.73 Å². The maximum atomic E-state index is 14.0. The summed E-state index contributed by atoms with van der Waals surface area (Å²) < 4.78 is 41.2. The number of primary amides is 1. The Morgan fingerprint density at radius 1 is 1.03 bits per heavy atom. The lowest BCUT2D eigenvalue weighted by molar-refractivity contribution is -0.123. The van der Waals surface area contributed by atoms with Gasteiger partial charge in [-0.25, -0.2) is 13.2 Å². The molecule has 2 N–H and O–H groups in total. The number of nitrogens with zero attached hydrogens (tertiary/aromatic N) is 2. The monoisotopic (exact) mass is 430 g/mol. The van der Waals surface area contributed by atoms with E-state index in [4.69, 9.17) is 5.73 Å². The lowest BCUT2D eigenvalue weighted by atomic mass is 9.94. The minimum atomic E-state index is -1.23. The highest BCUT2D eigenvalue weighted by Gasteiger charge is 2.50. The van der Waals surface area contributed by atoms with Crippen LogP contribution in [0.4, 0.5) is 13.2 Å². The zero-order valence-corrected chi connectivity index (χ0v) is 16.8. The molecule has 2 aromatic rings. The van der Waals surface area contributed by atoms with Crippen LogP contribution in [0.3, 0.4) is 0 Å². The molecule has 4 rings (SSSR count). The summed E-state index contributed by atoms with van der Waals surface area (Å²) >= 11 is 0. The van der Waals surface area contributed by atoms with Gasteiger partial charge in [0.15, 0.2) is 0 Å². The van der Waals surface area contributed by atoms with Crippen LogP contribution >= 0.6 is 0 Å². The third-order valence-electron chi connectivity index (χ3n) is 6.15. The van der Waals surface area contributed by atoms with Crippen LogP contribution in [-0.2, 0) is 4.79 Å². The number of fused-ring (bicyclic) bond motifs is 1. The number of nitrogens with two attached hydrogens (primary N) is 1. The first-order valence-corrected chi connectivity index (χ1v) is 10.2. The Bertz CT molecular complexity index is 962. The lowest BCUT2D eigenvalue weighted by Crippen LogP contribution is -2.46. The van der Waals surface area contributed by atoms with Gasteiger partial charge in [-0.2, -0.15) is 0 Å². The van der Waals surface area contributed by atoms with Gasteiger partial charge in [0.1, 0.15) is 23.0 Å². The third-order valence-corrected chi connectivity index (χ3v) is 6.15. The fourth-order valence-electron chi connectivity index (χ4n) is 4.81. The van der Waals surface area contributed by atoms with Crippen molar-refractivity contribution < 1.29 is 22.8 Å². The number of carbonyl (C=O) groups excluding carboxylic acids is 2. The van der Waals surface area contributed by atoms with Gasteiger partial charge in [-0.3, -0.25) is 14.5 Å². The van der Waals surface area contributed by atoms with Crippen molar-refractivity contribution in [3.63, 3.8) is 0 Å². The van der Waals surface area contributed by atoms with E-state index in [2.05, 4.69) is 6.42 Å². The number of rotatable bonds is 6.